The maximum Gasteiger partial charge on any atom is 0.306 e. The first kappa shape index (κ1) is 57.4. The molecule has 0 aliphatic rings. The second-order valence-electron chi connectivity index (χ2n) is 18.6. The second-order valence-corrected chi connectivity index (χ2v) is 18.6. The minimum absolute atomic E-state index is 0.0628. The molecule has 0 fully saturated rings. The zero-order chi connectivity index (χ0) is 43.1. The summed E-state index contributed by atoms with van der Waals surface area (Å²) in [7, 11) is 0. The van der Waals surface area contributed by atoms with Crippen molar-refractivity contribution in [3.8, 4) is 0 Å². The summed E-state index contributed by atoms with van der Waals surface area (Å²) in [6, 6.07) is 0. The molecule has 1 atom stereocenters. The topological polar surface area (TPSA) is 78.9 Å². The lowest BCUT2D eigenvalue weighted by Crippen LogP contribution is -2.30. The van der Waals surface area contributed by atoms with Gasteiger partial charge in [-0.2, -0.15) is 0 Å². The van der Waals surface area contributed by atoms with Crippen LogP contribution in [0, 0.1) is 5.92 Å². The zero-order valence-electron chi connectivity index (χ0n) is 40.2. The van der Waals surface area contributed by atoms with Crippen molar-refractivity contribution in [1.29, 1.82) is 0 Å². The van der Waals surface area contributed by atoms with Crippen LogP contribution in [0.5, 0.6) is 0 Å². The third-order valence-corrected chi connectivity index (χ3v) is 12.0. The first-order chi connectivity index (χ1) is 28.9. The van der Waals surface area contributed by atoms with Gasteiger partial charge in [0.1, 0.15) is 13.2 Å². The van der Waals surface area contributed by atoms with Gasteiger partial charge in [0.25, 0.3) is 0 Å². The average molecular weight is 835 g/mol. The van der Waals surface area contributed by atoms with Crippen LogP contribution in [0.15, 0.2) is 0 Å². The van der Waals surface area contributed by atoms with Crippen LogP contribution in [0.4, 0.5) is 0 Å². The normalized spacial score (nSPS) is 11.9. The zero-order valence-corrected chi connectivity index (χ0v) is 40.2. The van der Waals surface area contributed by atoms with Crippen LogP contribution in [-0.2, 0) is 28.6 Å². The summed E-state index contributed by atoms with van der Waals surface area (Å²) in [5.41, 5.74) is 0. The summed E-state index contributed by atoms with van der Waals surface area (Å²) >= 11 is 0. The fourth-order valence-electron chi connectivity index (χ4n) is 8.04. The van der Waals surface area contributed by atoms with E-state index in [1.165, 1.54) is 193 Å². The molecule has 59 heavy (non-hydrogen) atoms. The van der Waals surface area contributed by atoms with Gasteiger partial charge in [0.2, 0.25) is 0 Å². The number of rotatable bonds is 48. The molecule has 0 saturated heterocycles. The molecule has 0 aromatic carbocycles. The molecule has 0 N–H and O–H groups in total. The molecule has 6 heteroatoms. The molecule has 0 radical (unpaired) electrons. The van der Waals surface area contributed by atoms with Crippen molar-refractivity contribution >= 4 is 17.9 Å². The monoisotopic (exact) mass is 835 g/mol. The molecule has 0 aliphatic carbocycles. The average Bonchev–Trinajstić information content (AvgIpc) is 3.22. The van der Waals surface area contributed by atoms with Crippen LogP contribution < -0.4 is 0 Å². The van der Waals surface area contributed by atoms with Gasteiger partial charge < -0.3 is 14.2 Å². The molecule has 0 aromatic rings. The van der Waals surface area contributed by atoms with Crippen LogP contribution in [0.25, 0.3) is 0 Å². The van der Waals surface area contributed by atoms with E-state index in [9.17, 15) is 14.4 Å². The van der Waals surface area contributed by atoms with Crippen LogP contribution in [0.1, 0.15) is 297 Å². The molecule has 6 nitrogen and oxygen atoms in total. The van der Waals surface area contributed by atoms with Crippen molar-refractivity contribution in [2.24, 2.45) is 5.92 Å². The summed E-state index contributed by atoms with van der Waals surface area (Å²) in [5.74, 6) is -0.0120. The molecule has 0 rings (SSSR count). The van der Waals surface area contributed by atoms with E-state index >= 15 is 0 Å². The van der Waals surface area contributed by atoms with Crippen molar-refractivity contribution in [1.82, 2.24) is 0 Å². The molecular weight excluding hydrogens is 733 g/mol. The lowest BCUT2D eigenvalue weighted by molar-refractivity contribution is -0.167. The highest BCUT2D eigenvalue weighted by atomic mass is 16.6. The second kappa shape index (κ2) is 47.5. The van der Waals surface area contributed by atoms with Crippen molar-refractivity contribution in [2.45, 2.75) is 303 Å². The van der Waals surface area contributed by atoms with E-state index in [-0.39, 0.29) is 31.1 Å². The molecule has 0 bridgehead atoms. The van der Waals surface area contributed by atoms with Gasteiger partial charge in [0.15, 0.2) is 6.10 Å². The molecule has 0 spiro atoms. The third kappa shape index (κ3) is 47.3. The van der Waals surface area contributed by atoms with Gasteiger partial charge in [-0.05, 0) is 25.2 Å². The largest absolute Gasteiger partial charge is 0.462 e. The van der Waals surface area contributed by atoms with E-state index in [1.54, 1.807) is 0 Å². The van der Waals surface area contributed by atoms with Crippen LogP contribution >= 0.6 is 0 Å². The van der Waals surface area contributed by atoms with E-state index in [4.69, 9.17) is 14.2 Å². The fraction of sp³-hybridized carbons (Fsp3) is 0.943. The Morgan fingerprint density at radius 1 is 0.322 bits per heavy atom. The lowest BCUT2D eigenvalue weighted by atomic mass is 10.0. The number of hydrogen-bond acceptors (Lipinski definition) is 6. The Hall–Kier alpha value is -1.59. The molecule has 350 valence electrons. The predicted octanol–water partition coefficient (Wildman–Crippen LogP) is 17.1. The number of unbranched alkanes of at least 4 members (excludes halogenated alkanes) is 35. The van der Waals surface area contributed by atoms with Crippen molar-refractivity contribution < 1.29 is 28.6 Å². The van der Waals surface area contributed by atoms with Crippen molar-refractivity contribution in [2.75, 3.05) is 13.2 Å². The SMILES string of the molecule is CCCCCCCCCCCCCCCCCCCC(=O)OC[C@@H](COC(=O)CCCCCCCCCCCCCCC(C)C)OC(=O)CCCCCCCCCCC. The Balaban J connectivity index is 4.22. The van der Waals surface area contributed by atoms with Gasteiger partial charge in [0.05, 0.1) is 0 Å². The highest BCUT2D eigenvalue weighted by Crippen LogP contribution is 2.17. The molecule has 0 unspecified atom stereocenters. The number of hydrogen-bond donors (Lipinski definition) is 0. The van der Waals surface area contributed by atoms with Crippen LogP contribution in [-0.4, -0.2) is 37.2 Å². The van der Waals surface area contributed by atoms with E-state index in [0.717, 1.165) is 63.7 Å². The Kier molecular flexibility index (Phi) is 46.2. The number of ether oxygens (including phenoxy) is 3. The predicted molar refractivity (Wildman–Crippen MR) is 252 cm³/mol. The highest BCUT2D eigenvalue weighted by Gasteiger charge is 2.19. The standard InChI is InChI=1S/C53H102O6/c1-5-7-9-11-13-15-16-17-18-19-20-21-25-29-32-36-40-44-51(54)57-47-50(59-53(56)46-42-38-34-27-14-12-10-8-6-2)48-58-52(55)45-41-37-33-30-26-23-22-24-28-31-35-39-43-49(3)4/h49-50H,5-48H2,1-4H3/t50-/m0/s1. The Morgan fingerprint density at radius 3 is 0.831 bits per heavy atom. The van der Waals surface area contributed by atoms with E-state index in [2.05, 4.69) is 27.7 Å². The summed E-state index contributed by atoms with van der Waals surface area (Å²) in [5, 5.41) is 0. The molecule has 0 aliphatic heterocycles. The maximum atomic E-state index is 12.7. The molecule has 0 heterocycles. The Bertz CT molecular complexity index is 887. The molecule has 0 aromatic heterocycles. The minimum atomic E-state index is -0.760. The van der Waals surface area contributed by atoms with Gasteiger partial charge in [-0.1, -0.05) is 259 Å². The van der Waals surface area contributed by atoms with Crippen molar-refractivity contribution in [3.05, 3.63) is 0 Å². The quantitative estimate of drug-likeness (QED) is 0.0345. The van der Waals surface area contributed by atoms with E-state index < -0.39 is 6.10 Å². The van der Waals surface area contributed by atoms with Crippen molar-refractivity contribution in [3.63, 3.8) is 0 Å². The van der Waals surface area contributed by atoms with Crippen LogP contribution in [0.2, 0.25) is 0 Å². The molecular formula is C53H102O6. The number of carbonyl (C=O) groups excluding carboxylic acids is 3. The summed E-state index contributed by atoms with van der Waals surface area (Å²) < 4.78 is 16.8. The Labute approximate surface area is 368 Å². The fourth-order valence-corrected chi connectivity index (χ4v) is 8.04. The first-order valence-corrected chi connectivity index (χ1v) is 26.4. The smallest absolute Gasteiger partial charge is 0.306 e. The van der Waals surface area contributed by atoms with Gasteiger partial charge >= 0.3 is 17.9 Å². The number of esters is 3. The summed E-state index contributed by atoms with van der Waals surface area (Å²) in [6.45, 7) is 9.02. The molecule has 0 amide bonds. The van der Waals surface area contributed by atoms with Gasteiger partial charge in [-0.15, -0.1) is 0 Å². The minimum Gasteiger partial charge on any atom is -0.462 e. The van der Waals surface area contributed by atoms with Crippen LogP contribution in [0.3, 0.4) is 0 Å². The number of carbonyl (C=O) groups is 3. The first-order valence-electron chi connectivity index (χ1n) is 26.4. The molecule has 0 saturated carbocycles. The summed E-state index contributed by atoms with van der Waals surface area (Å²) in [6.07, 6.45) is 49.5. The summed E-state index contributed by atoms with van der Waals surface area (Å²) in [4.78, 5) is 37.9. The Morgan fingerprint density at radius 2 is 0.559 bits per heavy atom. The van der Waals surface area contributed by atoms with Gasteiger partial charge in [-0.25, -0.2) is 0 Å². The highest BCUT2D eigenvalue weighted by molar-refractivity contribution is 5.71. The van der Waals surface area contributed by atoms with Gasteiger partial charge in [-0.3, -0.25) is 14.4 Å². The van der Waals surface area contributed by atoms with Gasteiger partial charge in [0, 0.05) is 19.3 Å². The third-order valence-electron chi connectivity index (χ3n) is 12.0. The van der Waals surface area contributed by atoms with E-state index in [1.807, 2.05) is 0 Å². The van der Waals surface area contributed by atoms with E-state index in [0.29, 0.717) is 19.3 Å². The maximum absolute atomic E-state index is 12.7. The lowest BCUT2D eigenvalue weighted by Gasteiger charge is -2.18.